The number of fused-ring (bicyclic) bond motifs is 2. The molecule has 1 aliphatic carbocycles. The highest BCUT2D eigenvalue weighted by Gasteiger charge is 2.39. The van der Waals surface area contributed by atoms with Crippen molar-refractivity contribution in [2.24, 2.45) is 7.05 Å². The first kappa shape index (κ1) is 22.0. The highest BCUT2D eigenvalue weighted by Crippen LogP contribution is 2.25. The Morgan fingerprint density at radius 2 is 1.59 bits per heavy atom. The zero-order chi connectivity index (χ0) is 23.8. The SMILES string of the molecule is COc1ccc(C(=O)N2CCN(CCn3c4c(n[n+]3C)C(=O)c3ccccc3C4=O)CC2)cc1. The van der Waals surface area contributed by atoms with Crippen molar-refractivity contribution < 1.29 is 23.9 Å². The summed E-state index contributed by atoms with van der Waals surface area (Å²) in [5.74, 6) is 0.346. The van der Waals surface area contributed by atoms with Gasteiger partial charge in [0.1, 0.15) is 5.75 Å². The molecule has 0 unspecified atom stereocenters. The van der Waals surface area contributed by atoms with Gasteiger partial charge in [0, 0.05) is 54.5 Å². The van der Waals surface area contributed by atoms with Gasteiger partial charge in [0.15, 0.2) is 12.7 Å². The number of methoxy groups -OCH3 is 1. The van der Waals surface area contributed by atoms with Crippen molar-refractivity contribution >= 4 is 17.5 Å². The molecule has 2 aliphatic rings. The van der Waals surface area contributed by atoms with Crippen molar-refractivity contribution in [2.45, 2.75) is 6.54 Å². The van der Waals surface area contributed by atoms with Gasteiger partial charge in [-0.3, -0.25) is 19.3 Å². The van der Waals surface area contributed by atoms with Crippen LogP contribution in [0.4, 0.5) is 0 Å². The smallest absolute Gasteiger partial charge is 0.253 e. The lowest BCUT2D eigenvalue weighted by molar-refractivity contribution is -0.805. The van der Waals surface area contributed by atoms with Crippen LogP contribution in [-0.2, 0) is 13.6 Å². The van der Waals surface area contributed by atoms with Gasteiger partial charge in [-0.1, -0.05) is 24.3 Å². The summed E-state index contributed by atoms with van der Waals surface area (Å²) in [5.41, 5.74) is 2.03. The normalized spacial score (nSPS) is 15.8. The van der Waals surface area contributed by atoms with Crippen LogP contribution < -0.4 is 9.53 Å². The van der Waals surface area contributed by atoms with E-state index >= 15 is 0 Å². The molecule has 0 bridgehead atoms. The predicted molar refractivity (Wildman–Crippen MR) is 122 cm³/mol. The molecule has 1 aromatic heterocycles. The fourth-order valence-corrected chi connectivity index (χ4v) is 4.61. The third-order valence-corrected chi connectivity index (χ3v) is 6.55. The Hall–Kier alpha value is -3.85. The molecule has 9 nitrogen and oxygen atoms in total. The van der Waals surface area contributed by atoms with Crippen LogP contribution in [0.25, 0.3) is 0 Å². The van der Waals surface area contributed by atoms with Gasteiger partial charge in [-0.2, -0.15) is 0 Å². The Kier molecular flexibility index (Phi) is 5.70. The van der Waals surface area contributed by atoms with E-state index in [9.17, 15) is 14.4 Å². The largest absolute Gasteiger partial charge is 0.497 e. The minimum absolute atomic E-state index is 0.0140. The Morgan fingerprint density at radius 3 is 2.24 bits per heavy atom. The second-order valence-corrected chi connectivity index (χ2v) is 8.48. The summed E-state index contributed by atoms with van der Waals surface area (Å²) < 4.78 is 6.94. The van der Waals surface area contributed by atoms with Gasteiger partial charge in [0.05, 0.1) is 13.7 Å². The topological polar surface area (TPSA) is 88.6 Å². The summed E-state index contributed by atoms with van der Waals surface area (Å²) in [7, 11) is 3.34. The van der Waals surface area contributed by atoms with Crippen molar-refractivity contribution in [3.63, 3.8) is 0 Å². The monoisotopic (exact) mass is 460 g/mol. The number of ether oxygens (including phenoxy) is 1. The summed E-state index contributed by atoms with van der Waals surface area (Å²) in [6, 6.07) is 14.0. The molecular weight excluding hydrogens is 434 g/mol. The first-order valence-electron chi connectivity index (χ1n) is 11.3. The quantitative estimate of drug-likeness (QED) is 0.412. The molecule has 1 fully saturated rings. The maximum atomic E-state index is 13.1. The van der Waals surface area contributed by atoms with Crippen molar-refractivity contribution in [3.05, 3.63) is 76.6 Å². The highest BCUT2D eigenvalue weighted by molar-refractivity contribution is 6.26. The van der Waals surface area contributed by atoms with Crippen molar-refractivity contribution in [2.75, 3.05) is 39.8 Å². The molecule has 9 heteroatoms. The van der Waals surface area contributed by atoms with Crippen LogP contribution >= 0.6 is 0 Å². The molecule has 174 valence electrons. The molecule has 2 aromatic carbocycles. The first-order chi connectivity index (χ1) is 16.5. The zero-order valence-electron chi connectivity index (χ0n) is 19.2. The summed E-state index contributed by atoms with van der Waals surface area (Å²) >= 11 is 0. The average molecular weight is 461 g/mol. The van der Waals surface area contributed by atoms with Gasteiger partial charge in [-0.15, -0.1) is 4.68 Å². The maximum absolute atomic E-state index is 13.1. The number of rotatable bonds is 5. The molecule has 3 aromatic rings. The second-order valence-electron chi connectivity index (χ2n) is 8.48. The fraction of sp³-hybridized carbons (Fsp3) is 0.320. The minimum Gasteiger partial charge on any atom is -0.497 e. The Labute approximate surface area is 197 Å². The fourth-order valence-electron chi connectivity index (χ4n) is 4.61. The standard InChI is InChI=1S/C25H26N5O4/c1-27-26-21-22(24(32)20-6-4-3-5-19(20)23(21)31)30(27)16-13-28-11-14-29(15-12-28)25(33)17-7-9-18(34-2)10-8-17/h3-10H,11-16H2,1-2H3/q+1. The average Bonchev–Trinajstić information content (AvgIpc) is 3.22. The van der Waals surface area contributed by atoms with Crippen molar-refractivity contribution in [3.8, 4) is 5.75 Å². The van der Waals surface area contributed by atoms with Crippen LogP contribution in [-0.4, -0.2) is 76.9 Å². The van der Waals surface area contributed by atoms with E-state index in [0.717, 1.165) is 18.8 Å². The summed E-state index contributed by atoms with van der Waals surface area (Å²) in [6.07, 6.45) is 0. The number of aromatic nitrogens is 3. The molecule has 1 saturated heterocycles. The van der Waals surface area contributed by atoms with Crippen LogP contribution in [0.1, 0.15) is 42.5 Å². The van der Waals surface area contributed by atoms with Gasteiger partial charge in [-0.25, -0.2) is 0 Å². The van der Waals surface area contributed by atoms with Crippen LogP contribution in [0.2, 0.25) is 0 Å². The van der Waals surface area contributed by atoms with Crippen LogP contribution in [0, 0.1) is 0 Å². The van der Waals surface area contributed by atoms with Gasteiger partial charge >= 0.3 is 0 Å². The second kappa shape index (κ2) is 8.83. The molecular formula is C25H26N5O4+. The molecule has 5 rings (SSSR count). The van der Waals surface area contributed by atoms with E-state index in [0.29, 0.717) is 48.6 Å². The highest BCUT2D eigenvalue weighted by atomic mass is 16.5. The summed E-state index contributed by atoms with van der Waals surface area (Å²) in [5, 5.41) is 4.36. The predicted octanol–water partition coefficient (Wildman–Crippen LogP) is 0.950. The van der Waals surface area contributed by atoms with Gasteiger partial charge < -0.3 is 9.64 Å². The van der Waals surface area contributed by atoms with E-state index in [1.54, 1.807) is 72.2 Å². The lowest BCUT2D eigenvalue weighted by Gasteiger charge is -2.34. The van der Waals surface area contributed by atoms with Crippen LogP contribution in [0.15, 0.2) is 48.5 Å². The molecule has 1 aliphatic heterocycles. The summed E-state index contributed by atoms with van der Waals surface area (Å²) in [6.45, 7) is 3.93. The van der Waals surface area contributed by atoms with E-state index in [2.05, 4.69) is 10.00 Å². The van der Waals surface area contributed by atoms with Crippen molar-refractivity contribution in [1.29, 1.82) is 0 Å². The maximum Gasteiger partial charge on any atom is 0.253 e. The Morgan fingerprint density at radius 1 is 0.941 bits per heavy atom. The summed E-state index contributed by atoms with van der Waals surface area (Å²) in [4.78, 5) is 44.5. The van der Waals surface area contributed by atoms with E-state index < -0.39 is 0 Å². The molecule has 2 heterocycles. The van der Waals surface area contributed by atoms with E-state index in [1.807, 2.05) is 4.90 Å². The molecule has 0 radical (unpaired) electrons. The lowest BCUT2D eigenvalue weighted by atomic mass is 9.90. The number of nitrogens with zero attached hydrogens (tertiary/aromatic N) is 5. The Bertz CT molecular complexity index is 1270. The minimum atomic E-state index is -0.217. The number of hydrogen-bond donors (Lipinski definition) is 0. The number of carbonyl (C=O) groups excluding carboxylic acids is 3. The van der Waals surface area contributed by atoms with E-state index in [-0.39, 0.29) is 23.2 Å². The van der Waals surface area contributed by atoms with Crippen LogP contribution in [0.3, 0.4) is 0 Å². The number of benzene rings is 2. The van der Waals surface area contributed by atoms with Gasteiger partial charge in [0.2, 0.25) is 17.3 Å². The number of aryl methyl sites for hydroxylation is 1. The van der Waals surface area contributed by atoms with Gasteiger partial charge in [-0.05, 0) is 29.1 Å². The van der Waals surface area contributed by atoms with Crippen molar-refractivity contribution in [1.82, 2.24) is 19.6 Å². The Balaban J connectivity index is 1.23. The van der Waals surface area contributed by atoms with Crippen LogP contribution in [0.5, 0.6) is 5.75 Å². The third-order valence-electron chi connectivity index (χ3n) is 6.55. The molecule has 0 N–H and O–H groups in total. The number of piperazine rings is 1. The van der Waals surface area contributed by atoms with Gasteiger partial charge in [0.25, 0.3) is 5.91 Å². The van der Waals surface area contributed by atoms with E-state index in [1.165, 1.54) is 0 Å². The number of amides is 1. The molecule has 1 amide bonds. The number of hydrogen-bond acceptors (Lipinski definition) is 6. The zero-order valence-corrected chi connectivity index (χ0v) is 19.2. The number of carbonyl (C=O) groups is 3. The molecule has 34 heavy (non-hydrogen) atoms. The van der Waals surface area contributed by atoms with E-state index in [4.69, 9.17) is 4.74 Å². The molecule has 0 spiro atoms. The number of ketones is 2. The first-order valence-corrected chi connectivity index (χ1v) is 11.3. The molecule has 0 atom stereocenters. The lowest BCUT2D eigenvalue weighted by Crippen LogP contribution is -2.51. The third kappa shape index (κ3) is 3.77. The molecule has 0 saturated carbocycles.